The third-order valence-electron chi connectivity index (χ3n) is 3.12. The van der Waals surface area contributed by atoms with Crippen LogP contribution in [0.25, 0.3) is 11.0 Å². The van der Waals surface area contributed by atoms with Crippen molar-refractivity contribution in [3.8, 4) is 0 Å². The van der Waals surface area contributed by atoms with Crippen molar-refractivity contribution >= 4 is 21.1 Å². The molecule has 0 unspecified atom stereocenters. The van der Waals surface area contributed by atoms with Crippen LogP contribution >= 0.6 is 0 Å². The molecule has 2 heterocycles. The van der Waals surface area contributed by atoms with Crippen LogP contribution in [-0.4, -0.2) is 35.5 Å². The lowest BCUT2D eigenvalue weighted by Crippen LogP contribution is -2.36. The lowest BCUT2D eigenvalue weighted by Gasteiger charge is -2.25. The number of nitrogens with zero attached hydrogens (tertiary/aromatic N) is 3. The maximum Gasteiger partial charge on any atom is 0.211 e. The Balaban J connectivity index is 2.08. The molecule has 1 aromatic carbocycles. The van der Waals surface area contributed by atoms with Crippen molar-refractivity contribution in [3.05, 3.63) is 35.7 Å². The number of rotatable bonds is 1. The van der Waals surface area contributed by atoms with Gasteiger partial charge in [-0.3, -0.25) is 0 Å². The Morgan fingerprint density at radius 1 is 1.11 bits per heavy atom. The van der Waals surface area contributed by atoms with Crippen LogP contribution < -0.4 is 0 Å². The van der Waals surface area contributed by atoms with Gasteiger partial charge in [0.2, 0.25) is 10.0 Å². The van der Waals surface area contributed by atoms with Gasteiger partial charge in [0.25, 0.3) is 0 Å². The van der Waals surface area contributed by atoms with Crippen molar-refractivity contribution in [2.75, 3.05) is 12.8 Å². The minimum atomic E-state index is -3.16. The van der Waals surface area contributed by atoms with E-state index in [0.29, 0.717) is 19.5 Å². The molecule has 5 nitrogen and oxygen atoms in total. The van der Waals surface area contributed by atoms with E-state index in [2.05, 4.69) is 9.97 Å². The number of hydrogen-bond acceptors (Lipinski definition) is 4. The monoisotopic (exact) mass is 263 g/mol. The molecule has 0 amide bonds. The SMILES string of the molecule is CS(=O)(=O)N1CCc2nc3ccccc3nc2C1. The highest BCUT2D eigenvalue weighted by molar-refractivity contribution is 7.88. The first-order chi connectivity index (χ1) is 8.54. The highest BCUT2D eigenvalue weighted by Crippen LogP contribution is 2.20. The fourth-order valence-corrected chi connectivity index (χ4v) is 2.94. The van der Waals surface area contributed by atoms with Gasteiger partial charge >= 0.3 is 0 Å². The molecule has 0 aliphatic carbocycles. The summed E-state index contributed by atoms with van der Waals surface area (Å²) in [4.78, 5) is 9.06. The van der Waals surface area contributed by atoms with Crippen LogP contribution in [0.4, 0.5) is 0 Å². The van der Waals surface area contributed by atoms with Crippen molar-refractivity contribution in [1.29, 1.82) is 0 Å². The van der Waals surface area contributed by atoms with Gasteiger partial charge in [-0.2, -0.15) is 4.31 Å². The van der Waals surface area contributed by atoms with Crippen LogP contribution in [0.1, 0.15) is 11.4 Å². The summed E-state index contributed by atoms with van der Waals surface area (Å²) in [6, 6.07) is 7.64. The number of sulfonamides is 1. The van der Waals surface area contributed by atoms with Crippen molar-refractivity contribution in [1.82, 2.24) is 14.3 Å². The van der Waals surface area contributed by atoms with E-state index in [9.17, 15) is 8.42 Å². The lowest BCUT2D eigenvalue weighted by atomic mass is 10.1. The molecule has 0 saturated heterocycles. The summed E-state index contributed by atoms with van der Waals surface area (Å²) < 4.78 is 24.5. The fourth-order valence-electron chi connectivity index (χ4n) is 2.16. The number of aromatic nitrogens is 2. The molecule has 94 valence electrons. The molecule has 0 bridgehead atoms. The molecular weight excluding hydrogens is 250 g/mol. The first-order valence-electron chi connectivity index (χ1n) is 5.74. The third-order valence-corrected chi connectivity index (χ3v) is 4.37. The summed E-state index contributed by atoms with van der Waals surface area (Å²) in [5.74, 6) is 0. The Labute approximate surface area is 106 Å². The van der Waals surface area contributed by atoms with E-state index in [4.69, 9.17) is 0 Å². The molecule has 0 radical (unpaired) electrons. The lowest BCUT2D eigenvalue weighted by molar-refractivity contribution is 0.386. The molecule has 6 heteroatoms. The fraction of sp³-hybridized carbons (Fsp3) is 0.333. The van der Waals surface area contributed by atoms with Crippen molar-refractivity contribution in [2.24, 2.45) is 0 Å². The van der Waals surface area contributed by atoms with E-state index in [1.165, 1.54) is 10.6 Å². The van der Waals surface area contributed by atoms with Gasteiger partial charge in [-0.1, -0.05) is 12.1 Å². The quantitative estimate of drug-likeness (QED) is 0.768. The molecule has 3 rings (SSSR count). The third kappa shape index (κ3) is 1.97. The zero-order valence-electron chi connectivity index (χ0n) is 10.00. The maximum absolute atomic E-state index is 11.5. The van der Waals surface area contributed by atoms with E-state index in [1.807, 2.05) is 24.3 Å². The molecule has 0 saturated carbocycles. The second kappa shape index (κ2) is 4.00. The van der Waals surface area contributed by atoms with Gasteiger partial charge in [-0.05, 0) is 12.1 Å². The molecule has 0 fully saturated rings. The zero-order valence-corrected chi connectivity index (χ0v) is 10.8. The largest absolute Gasteiger partial charge is 0.249 e. The Bertz CT molecular complexity index is 712. The Kier molecular flexibility index (Phi) is 2.57. The highest BCUT2D eigenvalue weighted by Gasteiger charge is 2.25. The summed E-state index contributed by atoms with van der Waals surface area (Å²) in [7, 11) is -3.16. The van der Waals surface area contributed by atoms with Crippen molar-refractivity contribution in [3.63, 3.8) is 0 Å². The van der Waals surface area contributed by atoms with Crippen molar-refractivity contribution < 1.29 is 8.42 Å². The average Bonchev–Trinajstić information content (AvgIpc) is 2.34. The molecule has 18 heavy (non-hydrogen) atoms. The van der Waals surface area contributed by atoms with E-state index in [1.54, 1.807) is 0 Å². The smallest absolute Gasteiger partial charge is 0.211 e. The minimum Gasteiger partial charge on any atom is -0.249 e. The molecule has 0 atom stereocenters. The highest BCUT2D eigenvalue weighted by atomic mass is 32.2. The van der Waals surface area contributed by atoms with Crippen LogP contribution in [0.3, 0.4) is 0 Å². The molecule has 2 aromatic rings. The Morgan fingerprint density at radius 3 is 2.33 bits per heavy atom. The number of fused-ring (bicyclic) bond motifs is 2. The van der Waals surface area contributed by atoms with Gasteiger partial charge in [-0.15, -0.1) is 0 Å². The van der Waals surface area contributed by atoms with Gasteiger partial charge in [0.15, 0.2) is 0 Å². The van der Waals surface area contributed by atoms with E-state index in [-0.39, 0.29) is 0 Å². The summed E-state index contributed by atoms with van der Waals surface area (Å²) >= 11 is 0. The summed E-state index contributed by atoms with van der Waals surface area (Å²) in [5.41, 5.74) is 3.36. The summed E-state index contributed by atoms with van der Waals surface area (Å²) in [5, 5.41) is 0. The second-order valence-electron chi connectivity index (χ2n) is 4.45. The predicted octanol–water partition coefficient (Wildman–Crippen LogP) is 0.947. The van der Waals surface area contributed by atoms with Crippen molar-refractivity contribution in [2.45, 2.75) is 13.0 Å². The Morgan fingerprint density at radius 2 is 1.72 bits per heavy atom. The van der Waals surface area contributed by atoms with Gasteiger partial charge in [0.1, 0.15) is 0 Å². The second-order valence-corrected chi connectivity index (χ2v) is 6.43. The van der Waals surface area contributed by atoms with Crippen LogP contribution in [0.15, 0.2) is 24.3 Å². The molecular formula is C12H13N3O2S. The molecule has 0 N–H and O–H groups in total. The average molecular weight is 263 g/mol. The number of benzene rings is 1. The normalized spacial score (nSPS) is 16.7. The van der Waals surface area contributed by atoms with Gasteiger partial charge < -0.3 is 0 Å². The number of hydrogen-bond donors (Lipinski definition) is 0. The summed E-state index contributed by atoms with van der Waals surface area (Å²) in [6.45, 7) is 0.810. The zero-order chi connectivity index (χ0) is 12.8. The first-order valence-corrected chi connectivity index (χ1v) is 7.58. The van der Waals surface area contributed by atoms with Crippen LogP contribution in [0, 0.1) is 0 Å². The van der Waals surface area contributed by atoms with Gasteiger partial charge in [0, 0.05) is 13.0 Å². The topological polar surface area (TPSA) is 63.2 Å². The van der Waals surface area contributed by atoms with Gasteiger partial charge in [0.05, 0.1) is 35.2 Å². The Hall–Kier alpha value is -1.53. The minimum absolute atomic E-state index is 0.325. The first kappa shape index (κ1) is 11.6. The summed E-state index contributed by atoms with van der Waals surface area (Å²) in [6.07, 6.45) is 1.85. The van der Waals surface area contributed by atoms with E-state index < -0.39 is 10.0 Å². The number of para-hydroxylation sites is 2. The molecule has 1 aliphatic rings. The van der Waals surface area contributed by atoms with E-state index in [0.717, 1.165) is 22.4 Å². The predicted molar refractivity (Wildman–Crippen MR) is 68.5 cm³/mol. The maximum atomic E-state index is 11.5. The molecule has 1 aliphatic heterocycles. The van der Waals surface area contributed by atoms with Crippen LogP contribution in [0.2, 0.25) is 0 Å². The van der Waals surface area contributed by atoms with Crippen LogP contribution in [-0.2, 0) is 23.0 Å². The van der Waals surface area contributed by atoms with E-state index >= 15 is 0 Å². The van der Waals surface area contributed by atoms with Crippen LogP contribution in [0.5, 0.6) is 0 Å². The standard InChI is InChI=1S/C12H13N3O2S/c1-18(16,17)15-7-6-11-12(8-15)14-10-5-3-2-4-9(10)13-11/h2-5H,6-8H2,1H3. The molecule has 1 aromatic heterocycles. The molecule has 0 spiro atoms. The van der Waals surface area contributed by atoms with Gasteiger partial charge in [-0.25, -0.2) is 18.4 Å².